The number of hydrogen-bond donors (Lipinski definition) is 2. The molecule has 0 radical (unpaired) electrons. The zero-order chi connectivity index (χ0) is 24.6. The summed E-state index contributed by atoms with van der Waals surface area (Å²) in [6.45, 7) is 2.44. The fourth-order valence-electron chi connectivity index (χ4n) is 6.11. The highest BCUT2D eigenvalue weighted by atomic mass is 35.5. The van der Waals surface area contributed by atoms with Gasteiger partial charge >= 0.3 is 0 Å². The van der Waals surface area contributed by atoms with Crippen LogP contribution >= 0.6 is 23.2 Å². The minimum absolute atomic E-state index is 0.00634. The van der Waals surface area contributed by atoms with Gasteiger partial charge in [0.15, 0.2) is 0 Å². The normalized spacial score (nSPS) is 26.2. The van der Waals surface area contributed by atoms with Gasteiger partial charge in [0, 0.05) is 39.8 Å². The standard InChI is InChI=1S/C28H33Cl2N3O2/c1-18-6-2-3-11-25(18)33(17-26(34)31-22-9-5-10-22)28(16-19-7-4-8-20(29)14-19)23-13-12-21(30)15-24(23)32-27(28)35/h4,7-8,12-15,18,22,25H,2-3,5-6,9-11,16-17H2,1H3,(H,31,34)(H,32,35). The lowest BCUT2D eigenvalue weighted by Crippen LogP contribution is -2.61. The SMILES string of the molecule is CC1CCCCC1N(CC(=O)NC1CCC1)C1(Cc2cccc(Cl)c2)C(=O)Nc2cc(Cl)ccc21. The van der Waals surface area contributed by atoms with E-state index in [-0.39, 0.29) is 30.4 Å². The summed E-state index contributed by atoms with van der Waals surface area (Å²) in [7, 11) is 0. The van der Waals surface area contributed by atoms with Gasteiger partial charge in [-0.1, -0.05) is 61.2 Å². The third-order valence-corrected chi connectivity index (χ3v) is 8.61. The Hall–Kier alpha value is -2.08. The van der Waals surface area contributed by atoms with Gasteiger partial charge in [-0.2, -0.15) is 0 Å². The van der Waals surface area contributed by atoms with Gasteiger partial charge in [0.1, 0.15) is 5.54 Å². The number of benzene rings is 2. The highest BCUT2D eigenvalue weighted by Gasteiger charge is 2.54. The summed E-state index contributed by atoms with van der Waals surface area (Å²) in [4.78, 5) is 29.6. The van der Waals surface area contributed by atoms with E-state index in [9.17, 15) is 9.59 Å². The first kappa shape index (κ1) is 24.6. The molecule has 3 unspecified atom stereocenters. The first-order valence-corrected chi connectivity index (χ1v) is 13.5. The zero-order valence-corrected chi connectivity index (χ0v) is 21.7. The molecule has 1 aliphatic heterocycles. The quantitative estimate of drug-likeness (QED) is 0.481. The van der Waals surface area contributed by atoms with E-state index in [1.807, 2.05) is 42.5 Å². The van der Waals surface area contributed by atoms with Crippen LogP contribution in [0.25, 0.3) is 0 Å². The Morgan fingerprint density at radius 2 is 1.83 bits per heavy atom. The third kappa shape index (κ3) is 4.83. The number of hydrogen-bond acceptors (Lipinski definition) is 3. The van der Waals surface area contributed by atoms with Crippen LogP contribution in [0, 0.1) is 5.92 Å². The Balaban J connectivity index is 1.62. The molecule has 2 amide bonds. The lowest BCUT2D eigenvalue weighted by Gasteiger charge is -2.48. The van der Waals surface area contributed by atoms with Gasteiger partial charge in [0.05, 0.1) is 6.54 Å². The summed E-state index contributed by atoms with van der Waals surface area (Å²) < 4.78 is 0. The molecule has 35 heavy (non-hydrogen) atoms. The van der Waals surface area contributed by atoms with E-state index < -0.39 is 5.54 Å². The van der Waals surface area contributed by atoms with Crippen molar-refractivity contribution in [2.24, 2.45) is 5.92 Å². The van der Waals surface area contributed by atoms with Gasteiger partial charge in [0.25, 0.3) is 0 Å². The second-order valence-electron chi connectivity index (χ2n) is 10.5. The van der Waals surface area contributed by atoms with Crippen LogP contribution in [0.5, 0.6) is 0 Å². The minimum Gasteiger partial charge on any atom is -0.352 e. The van der Waals surface area contributed by atoms with Crippen molar-refractivity contribution in [2.45, 2.75) is 75.9 Å². The number of halogens is 2. The number of amides is 2. The summed E-state index contributed by atoms with van der Waals surface area (Å²) >= 11 is 12.7. The molecule has 2 saturated carbocycles. The highest BCUT2D eigenvalue weighted by Crippen LogP contribution is 2.47. The lowest BCUT2D eigenvalue weighted by atomic mass is 9.77. The second-order valence-corrected chi connectivity index (χ2v) is 11.3. The molecule has 2 aromatic carbocycles. The van der Waals surface area contributed by atoms with E-state index in [4.69, 9.17) is 23.2 Å². The maximum absolute atomic E-state index is 14.1. The maximum atomic E-state index is 14.1. The molecule has 2 N–H and O–H groups in total. The summed E-state index contributed by atoms with van der Waals surface area (Å²) in [5.74, 6) is 0.262. The summed E-state index contributed by atoms with van der Waals surface area (Å²) in [5.41, 5.74) is 1.53. The van der Waals surface area contributed by atoms with Gasteiger partial charge in [-0.15, -0.1) is 0 Å². The molecule has 3 atom stereocenters. The Morgan fingerprint density at radius 1 is 1.06 bits per heavy atom. The number of anilines is 1. The number of rotatable bonds is 7. The van der Waals surface area contributed by atoms with Crippen molar-refractivity contribution in [3.05, 3.63) is 63.6 Å². The molecule has 5 nitrogen and oxygen atoms in total. The van der Waals surface area contributed by atoms with Gasteiger partial charge in [-0.3, -0.25) is 14.5 Å². The van der Waals surface area contributed by atoms with E-state index in [0.717, 1.165) is 55.3 Å². The fourth-order valence-corrected chi connectivity index (χ4v) is 6.49. The monoisotopic (exact) mass is 513 g/mol. The van der Waals surface area contributed by atoms with Gasteiger partial charge in [-0.05, 0) is 67.9 Å². The Labute approximate surface area is 217 Å². The van der Waals surface area contributed by atoms with E-state index in [0.29, 0.717) is 22.4 Å². The van der Waals surface area contributed by atoms with Crippen LogP contribution in [0.15, 0.2) is 42.5 Å². The van der Waals surface area contributed by atoms with E-state index in [1.54, 1.807) is 0 Å². The number of nitrogens with one attached hydrogen (secondary N) is 2. The van der Waals surface area contributed by atoms with Crippen LogP contribution in [0.2, 0.25) is 10.0 Å². The van der Waals surface area contributed by atoms with Crippen LogP contribution in [0.4, 0.5) is 5.69 Å². The average molecular weight is 514 g/mol. The predicted molar refractivity (Wildman–Crippen MR) is 141 cm³/mol. The number of fused-ring (bicyclic) bond motifs is 1. The van der Waals surface area contributed by atoms with Crippen LogP contribution in [0.1, 0.15) is 63.0 Å². The number of carbonyl (C=O) groups excluding carboxylic acids is 2. The predicted octanol–water partition coefficient (Wildman–Crippen LogP) is 5.93. The fraction of sp³-hybridized carbons (Fsp3) is 0.500. The van der Waals surface area contributed by atoms with Crippen LogP contribution in [-0.4, -0.2) is 35.3 Å². The van der Waals surface area contributed by atoms with Crippen LogP contribution in [-0.2, 0) is 21.5 Å². The van der Waals surface area contributed by atoms with Crippen molar-refractivity contribution in [1.82, 2.24) is 10.2 Å². The van der Waals surface area contributed by atoms with Crippen molar-refractivity contribution >= 4 is 40.7 Å². The number of nitrogens with zero attached hydrogens (tertiary/aromatic N) is 1. The van der Waals surface area contributed by atoms with E-state index >= 15 is 0 Å². The van der Waals surface area contributed by atoms with Crippen LogP contribution < -0.4 is 10.6 Å². The minimum atomic E-state index is -1.03. The molecule has 5 rings (SSSR count). The Bertz CT molecular complexity index is 1120. The summed E-state index contributed by atoms with van der Waals surface area (Å²) in [6.07, 6.45) is 7.97. The lowest BCUT2D eigenvalue weighted by molar-refractivity contribution is -0.136. The highest BCUT2D eigenvalue weighted by molar-refractivity contribution is 6.31. The maximum Gasteiger partial charge on any atom is 0.249 e. The summed E-state index contributed by atoms with van der Waals surface area (Å²) in [5, 5.41) is 7.52. The molecular weight excluding hydrogens is 481 g/mol. The van der Waals surface area contributed by atoms with Crippen molar-refractivity contribution in [2.75, 3.05) is 11.9 Å². The topological polar surface area (TPSA) is 61.4 Å². The van der Waals surface area contributed by atoms with Crippen LogP contribution in [0.3, 0.4) is 0 Å². The molecule has 7 heteroatoms. The molecule has 0 saturated heterocycles. The molecule has 2 aliphatic carbocycles. The molecule has 186 valence electrons. The smallest absolute Gasteiger partial charge is 0.249 e. The molecule has 3 aliphatic rings. The van der Waals surface area contributed by atoms with Crippen molar-refractivity contribution < 1.29 is 9.59 Å². The third-order valence-electron chi connectivity index (χ3n) is 8.14. The largest absolute Gasteiger partial charge is 0.352 e. The first-order chi connectivity index (χ1) is 16.9. The Morgan fingerprint density at radius 3 is 2.54 bits per heavy atom. The molecule has 0 spiro atoms. The van der Waals surface area contributed by atoms with Crippen molar-refractivity contribution in [3.8, 4) is 0 Å². The molecule has 2 fully saturated rings. The summed E-state index contributed by atoms with van der Waals surface area (Å²) in [6, 6.07) is 13.6. The van der Waals surface area contributed by atoms with Crippen molar-refractivity contribution in [1.29, 1.82) is 0 Å². The molecule has 2 aromatic rings. The van der Waals surface area contributed by atoms with Gasteiger partial charge in [-0.25, -0.2) is 0 Å². The van der Waals surface area contributed by atoms with Crippen molar-refractivity contribution in [3.63, 3.8) is 0 Å². The number of carbonyl (C=O) groups is 2. The molecular formula is C28H33Cl2N3O2. The first-order valence-electron chi connectivity index (χ1n) is 12.8. The average Bonchev–Trinajstić information content (AvgIpc) is 3.06. The van der Waals surface area contributed by atoms with E-state index in [1.165, 1.54) is 6.42 Å². The van der Waals surface area contributed by atoms with Gasteiger partial charge in [0.2, 0.25) is 11.8 Å². The van der Waals surface area contributed by atoms with E-state index in [2.05, 4.69) is 22.5 Å². The van der Waals surface area contributed by atoms with Gasteiger partial charge < -0.3 is 10.6 Å². The Kier molecular flexibility index (Phi) is 7.11. The molecule has 1 heterocycles. The second kappa shape index (κ2) is 10.1. The molecule has 0 aromatic heterocycles. The molecule has 0 bridgehead atoms. The zero-order valence-electron chi connectivity index (χ0n) is 20.2.